The number of carbonyl (C=O) groups is 2. The first-order chi connectivity index (χ1) is 29.0. The Labute approximate surface area is 362 Å². The van der Waals surface area contributed by atoms with Crippen LogP contribution in [0.2, 0.25) is 0 Å². The second kappa shape index (κ2) is 18.3. The highest BCUT2D eigenvalue weighted by atomic mass is 16.6. The first-order valence-electron chi connectivity index (χ1n) is 22.6. The molecule has 7 fully saturated rings. The van der Waals surface area contributed by atoms with Crippen LogP contribution in [0, 0.1) is 17.8 Å². The van der Waals surface area contributed by atoms with E-state index in [9.17, 15) is 14.7 Å². The summed E-state index contributed by atoms with van der Waals surface area (Å²) >= 11 is 0. The zero-order valence-corrected chi connectivity index (χ0v) is 38.3. The number of nitrogens with one attached hydrogen (secondary N) is 1. The lowest BCUT2D eigenvalue weighted by atomic mass is 9.65. The van der Waals surface area contributed by atoms with E-state index in [2.05, 4.69) is 52.1 Å². The Morgan fingerprint density at radius 1 is 0.836 bits per heavy atom. The average molecular weight is 863 g/mol. The summed E-state index contributed by atoms with van der Waals surface area (Å²) < 4.78 is 61.3. The summed E-state index contributed by atoms with van der Waals surface area (Å²) in [6.45, 7) is 17.2. The number of hydrogen-bond donors (Lipinski definition) is 2. The third-order valence-corrected chi connectivity index (χ3v) is 14.8. The summed E-state index contributed by atoms with van der Waals surface area (Å²) in [4.78, 5) is 29.3. The van der Waals surface area contributed by atoms with Crippen LogP contribution in [-0.2, 0) is 47.4 Å². The number of nitrogens with zero attached hydrogens (tertiary/aromatic N) is 1. The molecule has 4 unspecified atom stereocenters. The van der Waals surface area contributed by atoms with Gasteiger partial charge >= 0.3 is 12.2 Å². The molecule has 0 aromatic rings. The molecule has 0 aromatic heterocycles. The van der Waals surface area contributed by atoms with Crippen LogP contribution < -0.4 is 5.32 Å². The zero-order valence-electron chi connectivity index (χ0n) is 38.3. The Morgan fingerprint density at radius 2 is 1.43 bits per heavy atom. The van der Waals surface area contributed by atoms with E-state index in [4.69, 9.17) is 47.4 Å². The van der Waals surface area contributed by atoms with Crippen LogP contribution in [0.5, 0.6) is 0 Å². The lowest BCUT2D eigenvalue weighted by molar-refractivity contribution is -0.124. The lowest BCUT2D eigenvalue weighted by Gasteiger charge is -2.44. The fraction of sp³-hybridized carbons (Fsp3) is 0.870. The number of ether oxygens (including phenoxy) is 10. The van der Waals surface area contributed by atoms with Crippen molar-refractivity contribution < 1.29 is 62.1 Å². The van der Waals surface area contributed by atoms with Gasteiger partial charge in [-0.15, -0.1) is 0 Å². The van der Waals surface area contributed by atoms with Gasteiger partial charge in [0.25, 0.3) is 0 Å². The molecule has 0 radical (unpaired) electrons. The number of methoxy groups -OCH3 is 3. The molecule has 15 nitrogen and oxygen atoms in total. The predicted octanol–water partition coefficient (Wildman–Crippen LogP) is 5.50. The Hall–Kier alpha value is -2.34. The van der Waals surface area contributed by atoms with Crippen molar-refractivity contribution >= 4 is 12.2 Å². The summed E-state index contributed by atoms with van der Waals surface area (Å²) in [6, 6.07) is -0.498. The Balaban J connectivity index is 1.07. The van der Waals surface area contributed by atoms with Gasteiger partial charge in [-0.3, -0.25) is 0 Å². The zero-order chi connectivity index (χ0) is 44.0. The largest absolute Gasteiger partial charge is 0.443 e. The van der Waals surface area contributed by atoms with Crippen molar-refractivity contribution in [2.24, 2.45) is 17.8 Å². The summed E-state index contributed by atoms with van der Waals surface area (Å²) in [5.41, 5.74) is -0.721. The molecule has 7 aliphatic rings. The number of alkyl carbamates (subject to hydrolysis) is 1. The van der Waals surface area contributed by atoms with Crippen molar-refractivity contribution in [1.82, 2.24) is 10.2 Å². The van der Waals surface area contributed by atoms with Crippen molar-refractivity contribution in [3.8, 4) is 0 Å². The van der Waals surface area contributed by atoms with E-state index in [0.717, 1.165) is 12.8 Å². The second-order valence-corrected chi connectivity index (χ2v) is 20.1. The molecule has 0 aromatic carbocycles. The van der Waals surface area contributed by atoms with Crippen molar-refractivity contribution in [2.75, 3.05) is 67.5 Å². The number of hydrogen-bond acceptors (Lipinski definition) is 13. The van der Waals surface area contributed by atoms with Crippen LogP contribution in [0.25, 0.3) is 0 Å². The molecule has 2 N–H and O–H groups in total. The molecule has 5 heterocycles. The molecular formula is C46H74N2O13. The minimum atomic E-state index is -1.20. The summed E-state index contributed by atoms with van der Waals surface area (Å²) in [7, 11) is 4.96. The SMILES string of the molecule is COCCOCCNC(=O)O[C@@H]1CCC2(CO2)[C@@H]([C@@]2(CC3CC(C(C)(C)O)N(C(=O)O[C@@H]4CCC5(CO5)[C@@H]([C@@]5(C)O[C@@H]5CC=C(C)C)[C@@H]4OC)C3)O[C@@H]2CC=C(C)C)[C@@H]1OC. The molecule has 5 saturated heterocycles. The molecule has 61 heavy (non-hydrogen) atoms. The van der Waals surface area contributed by atoms with Gasteiger partial charge in [0.2, 0.25) is 0 Å². The summed E-state index contributed by atoms with van der Waals surface area (Å²) in [5, 5.41) is 14.4. The first kappa shape index (κ1) is 46.6. The van der Waals surface area contributed by atoms with Crippen molar-refractivity contribution in [2.45, 2.75) is 171 Å². The average Bonchev–Trinajstić information content (AvgIpc) is 4.13. The Kier molecular flexibility index (Phi) is 14.0. The molecule has 7 rings (SSSR count). The normalized spacial score (nSPS) is 41.0. The Bertz CT molecular complexity index is 1620. The number of likely N-dealkylation sites (tertiary alicyclic amines) is 1. The predicted molar refractivity (Wildman–Crippen MR) is 224 cm³/mol. The van der Waals surface area contributed by atoms with Gasteiger partial charge in [0.15, 0.2) is 0 Å². The van der Waals surface area contributed by atoms with Gasteiger partial charge < -0.3 is 62.7 Å². The molecule has 15 heteroatoms. The number of amides is 2. The third-order valence-electron chi connectivity index (χ3n) is 14.8. The minimum Gasteiger partial charge on any atom is -0.443 e. The van der Waals surface area contributed by atoms with Gasteiger partial charge in [-0.05, 0) is 106 Å². The van der Waals surface area contributed by atoms with Crippen LogP contribution in [-0.4, -0.2) is 160 Å². The number of aliphatic hydroxyl groups is 1. The fourth-order valence-electron chi connectivity index (χ4n) is 11.5. The maximum Gasteiger partial charge on any atom is 0.410 e. The van der Waals surface area contributed by atoms with Crippen LogP contribution in [0.15, 0.2) is 23.3 Å². The third kappa shape index (κ3) is 9.85. The molecule has 2 aliphatic carbocycles. The van der Waals surface area contributed by atoms with E-state index in [1.165, 1.54) is 11.1 Å². The van der Waals surface area contributed by atoms with E-state index in [-0.39, 0.29) is 35.6 Å². The molecule has 2 saturated carbocycles. The van der Waals surface area contributed by atoms with Gasteiger partial charge in [0.05, 0.1) is 68.7 Å². The van der Waals surface area contributed by atoms with Crippen LogP contribution >= 0.6 is 0 Å². The number of carbonyl (C=O) groups excluding carboxylic acids is 2. The van der Waals surface area contributed by atoms with Crippen LogP contribution in [0.1, 0.15) is 99.8 Å². The van der Waals surface area contributed by atoms with Gasteiger partial charge in [0.1, 0.15) is 46.8 Å². The van der Waals surface area contributed by atoms with Gasteiger partial charge in [-0.2, -0.15) is 0 Å². The first-order valence-corrected chi connectivity index (χ1v) is 22.6. The van der Waals surface area contributed by atoms with E-state index < -0.39 is 65.0 Å². The maximum atomic E-state index is 14.5. The van der Waals surface area contributed by atoms with E-state index in [0.29, 0.717) is 84.6 Å². The number of rotatable bonds is 19. The molecule has 14 atom stereocenters. The minimum absolute atomic E-state index is 0.0354. The topological polar surface area (TPSA) is 175 Å². The smallest absolute Gasteiger partial charge is 0.410 e. The van der Waals surface area contributed by atoms with E-state index in [1.54, 1.807) is 40.1 Å². The van der Waals surface area contributed by atoms with Crippen molar-refractivity contribution in [3.05, 3.63) is 23.3 Å². The maximum absolute atomic E-state index is 14.5. The van der Waals surface area contributed by atoms with Crippen LogP contribution in [0.4, 0.5) is 9.59 Å². The fourth-order valence-corrected chi connectivity index (χ4v) is 11.5. The second-order valence-electron chi connectivity index (χ2n) is 20.1. The lowest BCUT2D eigenvalue weighted by Crippen LogP contribution is -2.57. The quantitative estimate of drug-likeness (QED) is 0.0948. The standard InChI is InChI=1S/C46H74N2O13/c1-28(2)11-13-34-43(7,60-34)38-36(53-9)32(16-17-44(38)26-56-44)59-41(50)48-25-30(23-33(48)42(5,6)51)24-46(35(61-46)14-12-29(3)4)39-37(54-10)31(15-18-45(39)27-57-45)58-40(49)47-19-20-55-22-21-52-8/h11-12,30-39,51H,13-27H2,1-10H3,(H,47,49)/t30?,31-,32-,33?,34-,35-,36-,37-,38-,39+,43+,44?,45?,46+/m1/s1. The Morgan fingerprint density at radius 3 is 2.00 bits per heavy atom. The number of allylic oxidation sites excluding steroid dienone is 2. The highest BCUT2D eigenvalue weighted by molar-refractivity contribution is 5.69. The van der Waals surface area contributed by atoms with E-state index >= 15 is 0 Å². The molecule has 5 aliphatic heterocycles. The summed E-state index contributed by atoms with van der Waals surface area (Å²) in [5.74, 6) is -0.378. The highest BCUT2D eigenvalue weighted by Gasteiger charge is 2.75. The molecular weight excluding hydrogens is 789 g/mol. The van der Waals surface area contributed by atoms with Crippen molar-refractivity contribution in [3.63, 3.8) is 0 Å². The van der Waals surface area contributed by atoms with Gasteiger partial charge in [-0.25, -0.2) is 9.59 Å². The van der Waals surface area contributed by atoms with Gasteiger partial charge in [-0.1, -0.05) is 23.3 Å². The highest BCUT2D eigenvalue weighted by Crippen LogP contribution is 2.63. The van der Waals surface area contributed by atoms with Crippen molar-refractivity contribution in [1.29, 1.82) is 0 Å². The monoisotopic (exact) mass is 863 g/mol. The van der Waals surface area contributed by atoms with Gasteiger partial charge in [0, 0.05) is 34.4 Å². The number of epoxide rings is 4. The molecule has 2 spiro atoms. The summed E-state index contributed by atoms with van der Waals surface area (Å²) in [6.07, 6.45) is 6.69. The van der Waals surface area contributed by atoms with Crippen LogP contribution in [0.3, 0.4) is 0 Å². The van der Waals surface area contributed by atoms with E-state index in [1.807, 2.05) is 0 Å². The molecule has 2 amide bonds. The molecule has 346 valence electrons. The molecule has 0 bridgehead atoms.